The Kier molecular flexibility index (Phi) is 15.3. The normalized spacial score (nSPS) is 10.8. The molecule has 0 aliphatic carbocycles. The molecule has 0 atom stereocenters. The highest BCUT2D eigenvalue weighted by molar-refractivity contribution is 6.12. The van der Waals surface area contributed by atoms with E-state index < -0.39 is 0 Å². The van der Waals surface area contributed by atoms with Gasteiger partial charge in [-0.2, -0.15) is 0 Å². The van der Waals surface area contributed by atoms with Crippen LogP contribution in [0.4, 0.5) is 5.69 Å². The van der Waals surface area contributed by atoms with Gasteiger partial charge in [0.25, 0.3) is 0 Å². The zero-order valence-electron chi connectivity index (χ0n) is 37.6. The molecule has 0 aliphatic rings. The van der Waals surface area contributed by atoms with Gasteiger partial charge in [0.1, 0.15) is 5.82 Å². The molecule has 0 saturated carbocycles. The van der Waals surface area contributed by atoms with Gasteiger partial charge in [0.05, 0.1) is 11.0 Å². The quantitative estimate of drug-likeness (QED) is 0.114. The van der Waals surface area contributed by atoms with Crippen LogP contribution in [-0.4, -0.2) is 29.6 Å². The van der Waals surface area contributed by atoms with Crippen molar-refractivity contribution in [2.45, 2.75) is 27.7 Å². The van der Waals surface area contributed by atoms with E-state index in [0.29, 0.717) is 0 Å². The molecule has 0 bridgehead atoms. The third kappa shape index (κ3) is 10.4. The molecular weight excluding hydrogens is 777 g/mol. The number of aryl methyl sites for hydroxylation is 2. The Labute approximate surface area is 380 Å². The van der Waals surface area contributed by atoms with Crippen molar-refractivity contribution in [2.75, 3.05) is 24.5 Å². The van der Waals surface area contributed by atoms with Crippen molar-refractivity contribution >= 4 is 45.3 Å². The summed E-state index contributed by atoms with van der Waals surface area (Å²) in [6, 6.07) is 65.4. The number of benzene rings is 8. The average Bonchev–Trinajstić information content (AvgIpc) is 3.80. The maximum absolute atomic E-state index is 4.53. The SMILES string of the molecule is C=Cc1c(/C=C\CNCCN(C(=C)c2ccccc2)c2ccccc2C)c(-c2ccccc2)c2cc(C)ccc2c1-c1ccccc1.CC.c1ccc(-c2nc3ccccc3[nH]2)cc1. The summed E-state index contributed by atoms with van der Waals surface area (Å²) in [4.78, 5) is 10.2. The van der Waals surface area contributed by atoms with Crippen LogP contribution in [0.25, 0.3) is 73.3 Å². The van der Waals surface area contributed by atoms with E-state index in [0.717, 1.165) is 58.9 Å². The minimum atomic E-state index is 0.733. The van der Waals surface area contributed by atoms with Crippen molar-refractivity contribution < 1.29 is 0 Å². The predicted octanol–water partition coefficient (Wildman–Crippen LogP) is 15.5. The van der Waals surface area contributed by atoms with Crippen molar-refractivity contribution in [3.63, 3.8) is 0 Å². The molecule has 0 aliphatic heterocycles. The summed E-state index contributed by atoms with van der Waals surface area (Å²) in [5.74, 6) is 0.928. The largest absolute Gasteiger partial charge is 0.340 e. The molecule has 0 saturated heterocycles. The Morgan fingerprint density at radius 2 is 1.19 bits per heavy atom. The number of para-hydroxylation sites is 3. The lowest BCUT2D eigenvalue weighted by Gasteiger charge is -2.29. The highest BCUT2D eigenvalue weighted by Gasteiger charge is 2.19. The minimum Gasteiger partial charge on any atom is -0.340 e. The lowest BCUT2D eigenvalue weighted by Crippen LogP contribution is -2.31. The first kappa shape index (κ1) is 44.5. The van der Waals surface area contributed by atoms with E-state index in [1.165, 1.54) is 55.4 Å². The van der Waals surface area contributed by atoms with Gasteiger partial charge < -0.3 is 15.2 Å². The van der Waals surface area contributed by atoms with Crippen LogP contribution < -0.4 is 10.2 Å². The van der Waals surface area contributed by atoms with Gasteiger partial charge in [-0.15, -0.1) is 0 Å². The van der Waals surface area contributed by atoms with E-state index >= 15 is 0 Å². The minimum absolute atomic E-state index is 0.733. The molecule has 2 N–H and O–H groups in total. The Bertz CT molecular complexity index is 2910. The summed E-state index contributed by atoms with van der Waals surface area (Å²) < 4.78 is 0. The van der Waals surface area contributed by atoms with Gasteiger partial charge in [-0.25, -0.2) is 4.98 Å². The number of nitrogens with zero attached hydrogens (tertiary/aromatic N) is 2. The fourth-order valence-corrected chi connectivity index (χ4v) is 8.15. The molecule has 64 heavy (non-hydrogen) atoms. The van der Waals surface area contributed by atoms with Crippen LogP contribution in [0.1, 0.15) is 41.7 Å². The first-order valence-electron chi connectivity index (χ1n) is 22.3. The Morgan fingerprint density at radius 3 is 1.81 bits per heavy atom. The molecule has 0 unspecified atom stereocenters. The Hall–Kier alpha value is -7.53. The number of anilines is 1. The van der Waals surface area contributed by atoms with Gasteiger partial charge in [0, 0.05) is 36.6 Å². The number of rotatable bonds is 13. The van der Waals surface area contributed by atoms with Crippen LogP contribution in [0.3, 0.4) is 0 Å². The number of fused-ring (bicyclic) bond motifs is 2. The smallest absolute Gasteiger partial charge is 0.138 e. The Morgan fingerprint density at radius 1 is 0.625 bits per heavy atom. The number of aromatic nitrogens is 2. The van der Waals surface area contributed by atoms with Gasteiger partial charge in [-0.3, -0.25) is 0 Å². The van der Waals surface area contributed by atoms with Crippen LogP contribution >= 0.6 is 0 Å². The van der Waals surface area contributed by atoms with Crippen LogP contribution in [0.2, 0.25) is 0 Å². The molecule has 8 aromatic carbocycles. The third-order valence-corrected chi connectivity index (χ3v) is 11.2. The molecule has 0 amide bonds. The van der Waals surface area contributed by atoms with E-state index in [-0.39, 0.29) is 0 Å². The third-order valence-electron chi connectivity index (χ3n) is 11.2. The molecule has 4 nitrogen and oxygen atoms in total. The number of nitrogens with one attached hydrogen (secondary N) is 2. The number of hydrogen-bond acceptors (Lipinski definition) is 3. The number of aromatic amines is 1. The summed E-state index contributed by atoms with van der Waals surface area (Å²) in [6.07, 6.45) is 6.55. The first-order chi connectivity index (χ1) is 31.5. The maximum atomic E-state index is 4.53. The monoisotopic (exact) mass is 834 g/mol. The summed E-state index contributed by atoms with van der Waals surface area (Å²) in [5.41, 5.74) is 16.2. The van der Waals surface area contributed by atoms with Crippen molar-refractivity contribution in [1.29, 1.82) is 0 Å². The summed E-state index contributed by atoms with van der Waals surface area (Å²) in [5, 5.41) is 6.16. The second-order valence-electron chi connectivity index (χ2n) is 15.4. The van der Waals surface area contributed by atoms with E-state index in [4.69, 9.17) is 0 Å². The maximum Gasteiger partial charge on any atom is 0.138 e. The zero-order valence-corrected chi connectivity index (χ0v) is 37.6. The number of hydrogen-bond donors (Lipinski definition) is 2. The molecular formula is C60H58N4. The van der Waals surface area contributed by atoms with Gasteiger partial charge in [0.2, 0.25) is 0 Å². The van der Waals surface area contributed by atoms with Gasteiger partial charge in [0.15, 0.2) is 0 Å². The predicted molar refractivity (Wildman–Crippen MR) is 278 cm³/mol. The first-order valence-corrected chi connectivity index (χ1v) is 22.3. The molecule has 4 heteroatoms. The summed E-state index contributed by atoms with van der Waals surface area (Å²) >= 11 is 0. The van der Waals surface area contributed by atoms with Gasteiger partial charge in [-0.1, -0.05) is 221 Å². The zero-order chi connectivity index (χ0) is 44.7. The molecule has 0 spiro atoms. The molecule has 9 rings (SSSR count). The van der Waals surface area contributed by atoms with E-state index in [2.05, 4.69) is 199 Å². The van der Waals surface area contributed by atoms with E-state index in [1.807, 2.05) is 68.5 Å². The molecule has 9 aromatic rings. The lowest BCUT2D eigenvalue weighted by atomic mass is 9.83. The highest BCUT2D eigenvalue weighted by atomic mass is 15.2. The fourth-order valence-electron chi connectivity index (χ4n) is 8.15. The van der Waals surface area contributed by atoms with Crippen LogP contribution in [0, 0.1) is 13.8 Å². The lowest BCUT2D eigenvalue weighted by molar-refractivity contribution is 0.744. The average molecular weight is 835 g/mol. The molecule has 0 radical (unpaired) electrons. The second-order valence-corrected chi connectivity index (χ2v) is 15.4. The summed E-state index contributed by atoms with van der Waals surface area (Å²) in [6.45, 7) is 19.5. The van der Waals surface area contributed by atoms with E-state index in [1.54, 1.807) is 0 Å². The molecule has 318 valence electrons. The van der Waals surface area contributed by atoms with Crippen LogP contribution in [0.15, 0.2) is 207 Å². The van der Waals surface area contributed by atoms with Crippen molar-refractivity contribution in [1.82, 2.24) is 15.3 Å². The van der Waals surface area contributed by atoms with Crippen molar-refractivity contribution in [3.8, 4) is 33.6 Å². The van der Waals surface area contributed by atoms with Gasteiger partial charge in [-0.05, 0) is 87.3 Å². The van der Waals surface area contributed by atoms with Crippen molar-refractivity contribution in [3.05, 3.63) is 235 Å². The Balaban J connectivity index is 0.000000299. The van der Waals surface area contributed by atoms with Crippen LogP contribution in [0.5, 0.6) is 0 Å². The second kappa shape index (κ2) is 22.0. The van der Waals surface area contributed by atoms with Crippen molar-refractivity contribution in [2.24, 2.45) is 0 Å². The van der Waals surface area contributed by atoms with Crippen LogP contribution in [-0.2, 0) is 0 Å². The van der Waals surface area contributed by atoms with E-state index in [9.17, 15) is 0 Å². The van der Waals surface area contributed by atoms with Gasteiger partial charge >= 0.3 is 0 Å². The number of H-pyrrole nitrogens is 1. The standard InChI is InChI=1S/C45H42N2.C13H10N2.C2H6/c1-5-39-40(25-17-29-46-30-31-47(43-26-16-15-18-34(43)3)35(4)36-19-9-6-10-20-36)45(38-23-13-8-14-24-38)42-32-33(2)27-28-41(42)44(39)37-21-11-7-12-22-37;1-2-6-10(7-3-1)13-14-11-8-4-5-9-12(11)15-13;1-2/h5-28,32,46H,1,4,29-31H2,2-3H3;1-9H,(H,14,15);1-2H3/b25-17-;;. The highest BCUT2D eigenvalue weighted by Crippen LogP contribution is 2.43. The number of imidazole rings is 1. The molecule has 1 aromatic heterocycles. The molecule has 1 heterocycles. The molecule has 0 fully saturated rings. The summed E-state index contributed by atoms with van der Waals surface area (Å²) in [7, 11) is 0. The fraction of sp³-hybridized carbons (Fsp3) is 0.117. The topological polar surface area (TPSA) is 44.0 Å².